The highest BCUT2D eigenvalue weighted by molar-refractivity contribution is 9.10. The molecule has 0 saturated heterocycles. The minimum atomic E-state index is -2.91. The first kappa shape index (κ1) is 14.3. The Balaban J connectivity index is 2.44. The van der Waals surface area contributed by atoms with E-state index in [2.05, 4.69) is 15.9 Å². The number of nitrogen functional groups attached to an aromatic ring is 1. The van der Waals surface area contributed by atoms with E-state index in [1.165, 1.54) is 0 Å². The van der Waals surface area contributed by atoms with Crippen LogP contribution in [0.5, 0.6) is 5.75 Å². The summed E-state index contributed by atoms with van der Waals surface area (Å²) in [5.41, 5.74) is 6.24. The van der Waals surface area contributed by atoms with Crippen molar-refractivity contribution in [2.45, 2.75) is 13.3 Å². The van der Waals surface area contributed by atoms with Crippen LogP contribution in [0, 0.1) is 0 Å². The largest absolute Gasteiger partial charge is 0.492 e. The molecule has 0 aromatic heterocycles. The molecule has 6 heteroatoms. The van der Waals surface area contributed by atoms with Crippen molar-refractivity contribution in [1.29, 1.82) is 0 Å². The third kappa shape index (κ3) is 4.95. The smallest absolute Gasteiger partial charge is 0.150 e. The Morgan fingerprint density at radius 3 is 2.76 bits per heavy atom. The predicted molar refractivity (Wildman–Crippen MR) is 73.0 cm³/mol. The number of nitrogens with two attached hydrogens (primary N) is 1. The van der Waals surface area contributed by atoms with Gasteiger partial charge in [-0.15, -0.1) is 0 Å². The zero-order valence-corrected chi connectivity index (χ0v) is 12.1. The number of halogens is 1. The summed E-state index contributed by atoms with van der Waals surface area (Å²) in [4.78, 5) is 0. The van der Waals surface area contributed by atoms with E-state index in [1.807, 2.05) is 0 Å². The van der Waals surface area contributed by atoms with Gasteiger partial charge < -0.3 is 10.5 Å². The van der Waals surface area contributed by atoms with E-state index in [0.717, 1.165) is 4.47 Å². The normalized spacial score (nSPS) is 11.4. The molecule has 0 heterocycles. The van der Waals surface area contributed by atoms with Gasteiger partial charge in [0.25, 0.3) is 0 Å². The highest BCUT2D eigenvalue weighted by Crippen LogP contribution is 2.27. The Morgan fingerprint density at radius 1 is 1.41 bits per heavy atom. The Hall–Kier alpha value is -0.750. The van der Waals surface area contributed by atoms with Crippen LogP contribution in [0.1, 0.15) is 13.3 Å². The fourth-order valence-corrected chi connectivity index (χ4v) is 2.44. The molecule has 4 nitrogen and oxygen atoms in total. The molecule has 1 rings (SSSR count). The second-order valence-electron chi connectivity index (χ2n) is 3.63. The maximum absolute atomic E-state index is 11.2. The molecule has 0 aliphatic rings. The molecule has 17 heavy (non-hydrogen) atoms. The summed E-state index contributed by atoms with van der Waals surface area (Å²) >= 11 is 3.34. The van der Waals surface area contributed by atoms with Crippen molar-refractivity contribution in [3.63, 3.8) is 0 Å². The molecule has 0 atom stereocenters. The quantitative estimate of drug-likeness (QED) is 0.644. The van der Waals surface area contributed by atoms with Crippen molar-refractivity contribution in [1.82, 2.24) is 0 Å². The van der Waals surface area contributed by atoms with Gasteiger partial charge in [-0.3, -0.25) is 0 Å². The minimum Gasteiger partial charge on any atom is -0.492 e. The fraction of sp³-hybridized carbons (Fsp3) is 0.455. The second-order valence-corrected chi connectivity index (χ2v) is 6.96. The van der Waals surface area contributed by atoms with Crippen LogP contribution in [-0.2, 0) is 9.84 Å². The maximum Gasteiger partial charge on any atom is 0.150 e. The van der Waals surface area contributed by atoms with Gasteiger partial charge >= 0.3 is 0 Å². The van der Waals surface area contributed by atoms with E-state index >= 15 is 0 Å². The minimum absolute atomic E-state index is 0.156. The average Bonchev–Trinajstić information content (AvgIpc) is 2.29. The number of hydrogen-bond acceptors (Lipinski definition) is 4. The topological polar surface area (TPSA) is 69.4 Å². The summed E-state index contributed by atoms with van der Waals surface area (Å²) in [7, 11) is -2.91. The average molecular weight is 322 g/mol. The van der Waals surface area contributed by atoms with Gasteiger partial charge in [0.15, 0.2) is 0 Å². The number of rotatable bonds is 6. The molecular formula is C11H16BrNO3S. The van der Waals surface area contributed by atoms with Gasteiger partial charge in [-0.2, -0.15) is 0 Å². The van der Waals surface area contributed by atoms with Crippen LogP contribution in [0.2, 0.25) is 0 Å². The molecule has 0 spiro atoms. The molecular weight excluding hydrogens is 306 g/mol. The highest BCUT2D eigenvalue weighted by Gasteiger charge is 2.07. The Morgan fingerprint density at radius 2 is 2.12 bits per heavy atom. The second kappa shape index (κ2) is 6.26. The van der Waals surface area contributed by atoms with Gasteiger partial charge in [0, 0.05) is 17.5 Å². The van der Waals surface area contributed by atoms with Crippen LogP contribution in [0.3, 0.4) is 0 Å². The molecule has 0 saturated carbocycles. The lowest BCUT2D eigenvalue weighted by atomic mass is 10.3. The molecule has 0 unspecified atom stereocenters. The van der Waals surface area contributed by atoms with E-state index in [9.17, 15) is 8.42 Å². The van der Waals surface area contributed by atoms with Crippen LogP contribution in [0.4, 0.5) is 5.69 Å². The lowest BCUT2D eigenvalue weighted by Gasteiger charge is -2.08. The van der Waals surface area contributed by atoms with Crippen molar-refractivity contribution in [2.24, 2.45) is 0 Å². The summed E-state index contributed by atoms with van der Waals surface area (Å²) in [6.45, 7) is 2.01. The lowest BCUT2D eigenvalue weighted by Crippen LogP contribution is -2.12. The van der Waals surface area contributed by atoms with Gasteiger partial charge in [-0.25, -0.2) is 8.42 Å². The van der Waals surface area contributed by atoms with E-state index in [0.29, 0.717) is 24.5 Å². The van der Waals surface area contributed by atoms with Crippen LogP contribution < -0.4 is 10.5 Å². The monoisotopic (exact) mass is 321 g/mol. The van der Waals surface area contributed by atoms with Gasteiger partial charge in [-0.1, -0.05) is 6.92 Å². The predicted octanol–water partition coefficient (Wildman–Crippen LogP) is 2.23. The van der Waals surface area contributed by atoms with E-state index in [1.54, 1.807) is 25.1 Å². The standard InChI is InChI=1S/C11H16BrNO3S/c1-2-17(14,15)7-3-6-16-11-8-9(13)4-5-10(11)12/h4-5,8H,2-3,6-7,13H2,1H3. The molecule has 0 radical (unpaired) electrons. The molecule has 0 aliphatic heterocycles. The zero-order chi connectivity index (χ0) is 12.9. The zero-order valence-electron chi connectivity index (χ0n) is 9.65. The Kier molecular flexibility index (Phi) is 5.27. The van der Waals surface area contributed by atoms with Crippen molar-refractivity contribution < 1.29 is 13.2 Å². The summed E-state index contributed by atoms with van der Waals surface area (Å²) in [5.74, 6) is 0.970. The van der Waals surface area contributed by atoms with Crippen molar-refractivity contribution >= 4 is 31.5 Å². The van der Waals surface area contributed by atoms with E-state index in [-0.39, 0.29) is 11.5 Å². The van der Waals surface area contributed by atoms with Gasteiger partial charge in [0.1, 0.15) is 15.6 Å². The third-order valence-electron chi connectivity index (χ3n) is 2.25. The molecule has 1 aromatic rings. The maximum atomic E-state index is 11.2. The molecule has 0 bridgehead atoms. The van der Waals surface area contributed by atoms with E-state index < -0.39 is 9.84 Å². The molecule has 0 aliphatic carbocycles. The van der Waals surface area contributed by atoms with Crippen LogP contribution >= 0.6 is 15.9 Å². The van der Waals surface area contributed by atoms with Crippen LogP contribution in [0.15, 0.2) is 22.7 Å². The molecule has 96 valence electrons. The molecule has 1 aromatic carbocycles. The first-order chi connectivity index (χ1) is 7.94. The van der Waals surface area contributed by atoms with Crippen LogP contribution in [-0.4, -0.2) is 26.5 Å². The number of sulfone groups is 1. The number of benzene rings is 1. The first-order valence-corrected chi connectivity index (χ1v) is 7.94. The van der Waals surface area contributed by atoms with Gasteiger partial charge in [0.2, 0.25) is 0 Å². The highest BCUT2D eigenvalue weighted by atomic mass is 79.9. The van der Waals surface area contributed by atoms with E-state index in [4.69, 9.17) is 10.5 Å². The Labute approximate surface area is 110 Å². The third-order valence-corrected chi connectivity index (χ3v) is 4.70. The lowest BCUT2D eigenvalue weighted by molar-refractivity contribution is 0.316. The van der Waals surface area contributed by atoms with Crippen LogP contribution in [0.25, 0.3) is 0 Å². The number of ether oxygens (including phenoxy) is 1. The van der Waals surface area contributed by atoms with Gasteiger partial charge in [0.05, 0.1) is 16.8 Å². The molecule has 0 fully saturated rings. The Bertz CT molecular complexity index is 474. The SMILES string of the molecule is CCS(=O)(=O)CCCOc1cc(N)ccc1Br. The number of hydrogen-bond donors (Lipinski definition) is 1. The first-order valence-electron chi connectivity index (χ1n) is 5.33. The summed E-state index contributed by atoms with van der Waals surface area (Å²) in [5, 5.41) is 0. The van der Waals surface area contributed by atoms with Crippen molar-refractivity contribution in [3.8, 4) is 5.75 Å². The summed E-state index contributed by atoms with van der Waals surface area (Å²) in [6.07, 6.45) is 0.484. The summed E-state index contributed by atoms with van der Waals surface area (Å²) in [6, 6.07) is 5.27. The van der Waals surface area contributed by atoms with Gasteiger partial charge in [-0.05, 0) is 34.5 Å². The fourth-order valence-electron chi connectivity index (χ4n) is 1.24. The molecule has 2 N–H and O–H groups in total. The summed E-state index contributed by atoms with van der Waals surface area (Å²) < 4.78 is 28.8. The number of anilines is 1. The van der Waals surface area contributed by atoms with Crippen molar-refractivity contribution in [3.05, 3.63) is 22.7 Å². The van der Waals surface area contributed by atoms with Crippen molar-refractivity contribution in [2.75, 3.05) is 23.8 Å². The molecule has 0 amide bonds.